The first kappa shape index (κ1) is 18.0. The van der Waals surface area contributed by atoms with Gasteiger partial charge in [0.25, 0.3) is 0 Å². The van der Waals surface area contributed by atoms with Gasteiger partial charge in [-0.05, 0) is 23.3 Å². The largest absolute Gasteiger partial charge is 0.469 e. The number of nitrogens with one attached hydrogen (secondary N) is 1. The van der Waals surface area contributed by atoms with E-state index in [-0.39, 0.29) is 12.5 Å². The van der Waals surface area contributed by atoms with E-state index in [2.05, 4.69) is 5.32 Å². The number of carbonyl (C=O) groups is 3. The summed E-state index contributed by atoms with van der Waals surface area (Å²) in [4.78, 5) is 39.6. The Bertz CT molecular complexity index is 957. The van der Waals surface area contributed by atoms with Crippen LogP contribution in [0.3, 0.4) is 0 Å². The van der Waals surface area contributed by atoms with Crippen LogP contribution in [0.15, 0.2) is 48.5 Å². The van der Waals surface area contributed by atoms with Crippen molar-refractivity contribution in [1.82, 2.24) is 0 Å². The molecule has 0 unspecified atom stereocenters. The molecule has 3 atom stereocenters. The molecular weight excluding hydrogens is 360 g/mol. The second kappa shape index (κ2) is 6.99. The quantitative estimate of drug-likeness (QED) is 0.827. The molecule has 2 aliphatic heterocycles. The molecule has 2 heterocycles. The lowest BCUT2D eigenvalue weighted by Crippen LogP contribution is -2.52. The molecule has 144 valence electrons. The van der Waals surface area contributed by atoms with Crippen molar-refractivity contribution in [3.63, 3.8) is 0 Å². The molecule has 2 aromatic rings. The molecule has 0 saturated heterocycles. The first-order valence-electron chi connectivity index (χ1n) is 8.99. The van der Waals surface area contributed by atoms with Gasteiger partial charge in [0.05, 0.1) is 32.6 Å². The maximum absolute atomic E-state index is 13.0. The highest BCUT2D eigenvalue weighted by atomic mass is 16.5. The van der Waals surface area contributed by atoms with Crippen LogP contribution in [-0.2, 0) is 19.1 Å². The number of hydrogen-bond donors (Lipinski definition) is 1. The van der Waals surface area contributed by atoms with Crippen molar-refractivity contribution in [2.45, 2.75) is 18.4 Å². The van der Waals surface area contributed by atoms with Gasteiger partial charge in [0, 0.05) is 17.3 Å². The summed E-state index contributed by atoms with van der Waals surface area (Å²) < 4.78 is 9.97. The van der Waals surface area contributed by atoms with Gasteiger partial charge in [-0.1, -0.05) is 36.4 Å². The van der Waals surface area contributed by atoms with Crippen LogP contribution >= 0.6 is 0 Å². The molecular formula is C21H20N2O5. The summed E-state index contributed by atoms with van der Waals surface area (Å²) in [5.74, 6) is -2.11. The fraction of sp³-hybridized carbons (Fsp3) is 0.286. The Morgan fingerprint density at radius 1 is 1.00 bits per heavy atom. The molecule has 0 saturated carbocycles. The summed E-state index contributed by atoms with van der Waals surface area (Å²) in [5, 5.41) is 2.89. The summed E-state index contributed by atoms with van der Waals surface area (Å²) in [6.45, 7) is 0. The minimum atomic E-state index is -0.744. The van der Waals surface area contributed by atoms with E-state index in [1.54, 1.807) is 11.0 Å². The summed E-state index contributed by atoms with van der Waals surface area (Å²) in [6, 6.07) is 13.8. The monoisotopic (exact) mass is 380 g/mol. The number of ether oxygens (including phenoxy) is 2. The highest BCUT2D eigenvalue weighted by molar-refractivity contribution is 6.07. The molecule has 2 aliphatic rings. The molecule has 0 radical (unpaired) electrons. The smallest absolute Gasteiger partial charge is 0.326 e. The van der Waals surface area contributed by atoms with Crippen LogP contribution in [0.4, 0.5) is 16.2 Å². The van der Waals surface area contributed by atoms with Crippen LogP contribution in [0.25, 0.3) is 0 Å². The highest BCUT2D eigenvalue weighted by Crippen LogP contribution is 2.53. The first-order valence-corrected chi connectivity index (χ1v) is 8.99. The van der Waals surface area contributed by atoms with Gasteiger partial charge in [-0.2, -0.15) is 0 Å². The number of para-hydroxylation sites is 2. The number of fused-ring (bicyclic) bond motifs is 5. The van der Waals surface area contributed by atoms with Gasteiger partial charge in [0.2, 0.25) is 0 Å². The maximum Gasteiger partial charge on any atom is 0.326 e. The lowest BCUT2D eigenvalue weighted by Gasteiger charge is -2.47. The minimum Gasteiger partial charge on any atom is -0.469 e. The Balaban J connectivity index is 1.96. The highest BCUT2D eigenvalue weighted by Gasteiger charge is 2.51. The number of hydrogen-bond acceptors (Lipinski definition) is 5. The average molecular weight is 380 g/mol. The zero-order valence-corrected chi connectivity index (χ0v) is 15.5. The molecule has 0 aromatic heterocycles. The molecule has 2 aromatic carbocycles. The normalized spacial score (nSPS) is 22.3. The summed E-state index contributed by atoms with van der Waals surface area (Å²) in [7, 11) is 2.64. The zero-order chi connectivity index (χ0) is 19.8. The van der Waals surface area contributed by atoms with Gasteiger partial charge in [0.15, 0.2) is 0 Å². The van der Waals surface area contributed by atoms with Crippen molar-refractivity contribution >= 4 is 29.3 Å². The molecule has 0 aliphatic carbocycles. The summed E-state index contributed by atoms with van der Waals surface area (Å²) in [5.41, 5.74) is 2.88. The van der Waals surface area contributed by atoms with Crippen molar-refractivity contribution in [3.8, 4) is 0 Å². The van der Waals surface area contributed by atoms with E-state index in [1.807, 2.05) is 42.5 Å². The molecule has 1 N–H and O–H groups in total. The van der Waals surface area contributed by atoms with Gasteiger partial charge in [-0.3, -0.25) is 14.5 Å². The number of nitrogens with zero attached hydrogens (tertiary/aromatic N) is 1. The van der Waals surface area contributed by atoms with Gasteiger partial charge >= 0.3 is 18.0 Å². The van der Waals surface area contributed by atoms with Crippen molar-refractivity contribution < 1.29 is 23.9 Å². The third-order valence-electron chi connectivity index (χ3n) is 5.48. The van der Waals surface area contributed by atoms with E-state index in [4.69, 9.17) is 9.47 Å². The number of amides is 2. The van der Waals surface area contributed by atoms with Crippen LogP contribution in [0, 0.1) is 5.92 Å². The van der Waals surface area contributed by atoms with Crippen LogP contribution in [0.2, 0.25) is 0 Å². The van der Waals surface area contributed by atoms with Crippen LogP contribution < -0.4 is 10.2 Å². The van der Waals surface area contributed by atoms with E-state index < -0.39 is 29.8 Å². The first-order chi connectivity index (χ1) is 13.6. The van der Waals surface area contributed by atoms with Crippen LogP contribution in [-0.4, -0.2) is 32.2 Å². The number of methoxy groups -OCH3 is 2. The van der Waals surface area contributed by atoms with E-state index in [9.17, 15) is 14.4 Å². The number of esters is 2. The van der Waals surface area contributed by atoms with Gasteiger partial charge in [-0.15, -0.1) is 0 Å². The van der Waals surface area contributed by atoms with Crippen molar-refractivity contribution in [2.24, 2.45) is 5.92 Å². The molecule has 7 nitrogen and oxygen atoms in total. The van der Waals surface area contributed by atoms with Crippen molar-refractivity contribution in [2.75, 3.05) is 24.4 Å². The SMILES string of the molecule is COC(=O)C[C@H]1c2ccccc2N2C(=O)Nc3ccccc3[C@@H]2[C@@H]1C(=O)OC. The third-order valence-corrected chi connectivity index (χ3v) is 5.48. The summed E-state index contributed by atoms with van der Waals surface area (Å²) >= 11 is 0. The fourth-order valence-electron chi connectivity index (χ4n) is 4.29. The number of anilines is 2. The van der Waals surface area contributed by atoms with E-state index in [1.165, 1.54) is 14.2 Å². The fourth-order valence-corrected chi connectivity index (χ4v) is 4.29. The Morgan fingerprint density at radius 3 is 2.39 bits per heavy atom. The van der Waals surface area contributed by atoms with E-state index in [0.29, 0.717) is 11.4 Å². The molecule has 0 bridgehead atoms. The van der Waals surface area contributed by atoms with E-state index in [0.717, 1.165) is 11.1 Å². The van der Waals surface area contributed by atoms with Crippen molar-refractivity contribution in [1.29, 1.82) is 0 Å². The maximum atomic E-state index is 13.0. The second-order valence-electron chi connectivity index (χ2n) is 6.83. The Morgan fingerprint density at radius 2 is 1.68 bits per heavy atom. The molecule has 2 amide bonds. The third kappa shape index (κ3) is 2.70. The topological polar surface area (TPSA) is 84.9 Å². The number of carbonyl (C=O) groups excluding carboxylic acids is 3. The minimum absolute atomic E-state index is 0.0153. The van der Waals surface area contributed by atoms with Crippen LogP contribution in [0.1, 0.15) is 29.5 Å². The second-order valence-corrected chi connectivity index (χ2v) is 6.83. The predicted molar refractivity (Wildman–Crippen MR) is 102 cm³/mol. The van der Waals surface area contributed by atoms with Crippen molar-refractivity contribution in [3.05, 3.63) is 59.7 Å². The molecule has 0 spiro atoms. The molecule has 0 fully saturated rings. The number of benzene rings is 2. The summed E-state index contributed by atoms with van der Waals surface area (Å²) in [6.07, 6.45) is 0.0153. The Hall–Kier alpha value is -3.35. The Kier molecular flexibility index (Phi) is 4.50. The molecule has 28 heavy (non-hydrogen) atoms. The van der Waals surface area contributed by atoms with Gasteiger partial charge in [-0.25, -0.2) is 4.79 Å². The standard InChI is InChI=1S/C21H20N2O5/c1-27-17(24)11-14-12-7-4-6-10-16(12)23-19(18(14)20(25)28-2)13-8-3-5-9-15(13)22-21(23)26/h3-10,14,18-19H,11H2,1-2H3,(H,22,26)/t14-,18+,19+/m0/s1. The van der Waals surface area contributed by atoms with Crippen LogP contribution in [0.5, 0.6) is 0 Å². The molecule has 4 rings (SSSR count). The molecule has 7 heteroatoms. The lowest BCUT2D eigenvalue weighted by molar-refractivity contribution is -0.148. The van der Waals surface area contributed by atoms with Gasteiger partial charge in [0.1, 0.15) is 0 Å². The van der Waals surface area contributed by atoms with Gasteiger partial charge < -0.3 is 14.8 Å². The Labute approximate surface area is 162 Å². The number of urea groups is 1. The average Bonchev–Trinajstić information content (AvgIpc) is 2.72. The predicted octanol–water partition coefficient (Wildman–Crippen LogP) is 3.23. The zero-order valence-electron chi connectivity index (χ0n) is 15.5. The van der Waals surface area contributed by atoms with E-state index >= 15 is 0 Å². The number of rotatable bonds is 3. The lowest BCUT2D eigenvalue weighted by atomic mass is 9.72.